The van der Waals surface area contributed by atoms with Crippen LogP contribution >= 0.6 is 11.6 Å². The number of hydrogen-bond acceptors (Lipinski definition) is 1. The molecule has 0 saturated heterocycles. The molecule has 1 aromatic rings. The lowest BCUT2D eigenvalue weighted by Crippen LogP contribution is -2.49. The van der Waals surface area contributed by atoms with Crippen molar-refractivity contribution in [3.63, 3.8) is 0 Å². The van der Waals surface area contributed by atoms with E-state index in [9.17, 15) is 13.2 Å². The Morgan fingerprint density at radius 3 is 2.48 bits per heavy atom. The number of alkyl halides is 4. The summed E-state index contributed by atoms with van der Waals surface area (Å²) in [7, 11) is 0. The summed E-state index contributed by atoms with van der Waals surface area (Å²) in [6.45, 7) is 2.78. The van der Waals surface area contributed by atoms with Crippen molar-refractivity contribution in [3.05, 3.63) is 35.4 Å². The highest BCUT2D eigenvalue weighted by molar-refractivity contribution is 6.18. The number of nitrogens with one attached hydrogen (secondary N) is 1. The van der Waals surface area contributed by atoms with E-state index < -0.39 is 11.7 Å². The van der Waals surface area contributed by atoms with E-state index >= 15 is 0 Å². The van der Waals surface area contributed by atoms with Gasteiger partial charge in [-0.05, 0) is 36.5 Å². The summed E-state index contributed by atoms with van der Waals surface area (Å²) in [4.78, 5) is 0. The Labute approximate surface area is 128 Å². The van der Waals surface area contributed by atoms with E-state index in [4.69, 9.17) is 11.6 Å². The SMILES string of the molecule is CC1CCCC(CCl)(NCc2ccc(C(F)(F)F)cc2)C1. The summed E-state index contributed by atoms with van der Waals surface area (Å²) in [6.07, 6.45) is 0.148. The zero-order valence-corrected chi connectivity index (χ0v) is 12.9. The largest absolute Gasteiger partial charge is 0.416 e. The van der Waals surface area contributed by atoms with Crippen molar-refractivity contribution in [3.8, 4) is 0 Å². The monoisotopic (exact) mass is 319 g/mol. The first kappa shape index (κ1) is 16.6. The first-order valence-corrected chi connectivity index (χ1v) is 7.85. The van der Waals surface area contributed by atoms with Crippen LogP contribution in [0.1, 0.15) is 43.7 Å². The van der Waals surface area contributed by atoms with Gasteiger partial charge in [-0.25, -0.2) is 0 Å². The second-order valence-electron chi connectivity index (χ2n) is 6.16. The fourth-order valence-corrected chi connectivity index (χ4v) is 3.43. The maximum Gasteiger partial charge on any atom is 0.416 e. The molecule has 2 atom stereocenters. The number of halogens is 4. The van der Waals surface area contributed by atoms with Gasteiger partial charge in [-0.2, -0.15) is 13.2 Å². The molecule has 0 bridgehead atoms. The quantitative estimate of drug-likeness (QED) is 0.771. The summed E-state index contributed by atoms with van der Waals surface area (Å²) in [5.74, 6) is 1.18. The minimum Gasteiger partial charge on any atom is -0.306 e. The van der Waals surface area contributed by atoms with Crippen molar-refractivity contribution in [1.29, 1.82) is 0 Å². The minimum absolute atomic E-state index is 0.0814. The molecule has 0 aliphatic heterocycles. The van der Waals surface area contributed by atoms with E-state index in [2.05, 4.69) is 12.2 Å². The molecule has 1 fully saturated rings. The van der Waals surface area contributed by atoms with Gasteiger partial charge in [-0.15, -0.1) is 11.6 Å². The van der Waals surface area contributed by atoms with Gasteiger partial charge in [0.1, 0.15) is 0 Å². The van der Waals surface area contributed by atoms with Gasteiger partial charge in [0.2, 0.25) is 0 Å². The molecular weight excluding hydrogens is 299 g/mol. The second kappa shape index (κ2) is 6.57. The van der Waals surface area contributed by atoms with E-state index in [1.165, 1.54) is 18.6 Å². The second-order valence-corrected chi connectivity index (χ2v) is 6.43. The van der Waals surface area contributed by atoms with E-state index in [-0.39, 0.29) is 5.54 Å². The maximum absolute atomic E-state index is 12.5. The molecule has 0 amide bonds. The van der Waals surface area contributed by atoms with E-state index in [1.807, 2.05) is 0 Å². The molecule has 1 aliphatic rings. The van der Waals surface area contributed by atoms with Gasteiger partial charge in [0.15, 0.2) is 0 Å². The van der Waals surface area contributed by atoms with Gasteiger partial charge in [0.05, 0.1) is 5.56 Å². The van der Waals surface area contributed by atoms with Gasteiger partial charge in [-0.1, -0.05) is 31.9 Å². The summed E-state index contributed by atoms with van der Waals surface area (Å²) in [6, 6.07) is 5.33. The highest BCUT2D eigenvalue weighted by atomic mass is 35.5. The zero-order valence-electron chi connectivity index (χ0n) is 12.1. The van der Waals surface area contributed by atoms with Crippen LogP contribution in [0.25, 0.3) is 0 Å². The third-order valence-corrected chi connectivity index (χ3v) is 4.81. The fraction of sp³-hybridized carbons (Fsp3) is 0.625. The van der Waals surface area contributed by atoms with Crippen molar-refractivity contribution in [2.24, 2.45) is 5.92 Å². The van der Waals surface area contributed by atoms with E-state index in [0.29, 0.717) is 18.3 Å². The molecule has 1 aromatic carbocycles. The molecule has 1 saturated carbocycles. The molecule has 1 N–H and O–H groups in total. The van der Waals surface area contributed by atoms with Crippen molar-refractivity contribution in [2.45, 2.75) is 50.9 Å². The smallest absolute Gasteiger partial charge is 0.306 e. The average Bonchev–Trinajstić information content (AvgIpc) is 2.45. The summed E-state index contributed by atoms with van der Waals surface area (Å²) < 4.78 is 37.6. The fourth-order valence-electron chi connectivity index (χ4n) is 3.09. The molecule has 0 aromatic heterocycles. The molecule has 1 nitrogen and oxygen atoms in total. The molecule has 2 unspecified atom stereocenters. The third kappa shape index (κ3) is 4.36. The predicted octanol–water partition coefficient (Wildman–Crippen LogP) is 4.98. The summed E-state index contributed by atoms with van der Waals surface area (Å²) >= 11 is 6.14. The lowest BCUT2D eigenvalue weighted by molar-refractivity contribution is -0.137. The number of hydrogen-bond donors (Lipinski definition) is 1. The molecular formula is C16H21ClF3N. The van der Waals surface area contributed by atoms with E-state index in [1.54, 1.807) is 0 Å². The van der Waals surface area contributed by atoms with Crippen molar-refractivity contribution < 1.29 is 13.2 Å². The van der Waals surface area contributed by atoms with Gasteiger partial charge in [-0.3, -0.25) is 0 Å². The Kier molecular flexibility index (Phi) is 5.20. The zero-order chi connectivity index (χ0) is 15.5. The molecule has 0 radical (unpaired) electrons. The maximum atomic E-state index is 12.5. The molecule has 118 valence electrons. The Bertz CT molecular complexity index is 458. The normalized spacial score (nSPS) is 26.8. The van der Waals surface area contributed by atoms with Crippen LogP contribution in [0, 0.1) is 5.92 Å². The van der Waals surface area contributed by atoms with Crippen LogP contribution in [0.15, 0.2) is 24.3 Å². The van der Waals surface area contributed by atoms with Crippen LogP contribution in [0.5, 0.6) is 0 Å². The van der Waals surface area contributed by atoms with Crippen LogP contribution in [-0.2, 0) is 12.7 Å². The molecule has 0 spiro atoms. The van der Waals surface area contributed by atoms with Crippen LogP contribution in [0.4, 0.5) is 13.2 Å². The molecule has 5 heteroatoms. The van der Waals surface area contributed by atoms with Gasteiger partial charge in [0.25, 0.3) is 0 Å². The molecule has 2 rings (SSSR count). The number of benzene rings is 1. The standard InChI is InChI=1S/C16H21ClF3N/c1-12-3-2-8-15(9-12,11-17)21-10-13-4-6-14(7-5-13)16(18,19)20/h4-7,12,21H,2-3,8-11H2,1H3. The molecule has 21 heavy (non-hydrogen) atoms. The van der Waals surface area contributed by atoms with Crippen molar-refractivity contribution >= 4 is 11.6 Å². The van der Waals surface area contributed by atoms with E-state index in [0.717, 1.165) is 37.0 Å². The third-order valence-electron chi connectivity index (χ3n) is 4.30. The van der Waals surface area contributed by atoms with Crippen LogP contribution < -0.4 is 5.32 Å². The van der Waals surface area contributed by atoms with Gasteiger partial charge < -0.3 is 5.32 Å². The molecule has 1 aliphatic carbocycles. The summed E-state index contributed by atoms with van der Waals surface area (Å²) in [5.41, 5.74) is 0.164. The summed E-state index contributed by atoms with van der Waals surface area (Å²) in [5, 5.41) is 3.48. The van der Waals surface area contributed by atoms with Crippen molar-refractivity contribution in [2.75, 3.05) is 5.88 Å². The lowest BCUT2D eigenvalue weighted by atomic mass is 9.77. The highest BCUT2D eigenvalue weighted by Gasteiger charge is 2.34. The molecule has 0 heterocycles. The number of rotatable bonds is 4. The van der Waals surface area contributed by atoms with Crippen molar-refractivity contribution in [1.82, 2.24) is 5.32 Å². The predicted molar refractivity (Wildman–Crippen MR) is 79.4 cm³/mol. The van der Waals surface area contributed by atoms with Gasteiger partial charge in [0, 0.05) is 18.0 Å². The minimum atomic E-state index is -4.28. The Balaban J connectivity index is 1.98. The van der Waals surface area contributed by atoms with Crippen LogP contribution in [0.2, 0.25) is 0 Å². The van der Waals surface area contributed by atoms with Gasteiger partial charge >= 0.3 is 6.18 Å². The highest BCUT2D eigenvalue weighted by Crippen LogP contribution is 2.34. The lowest BCUT2D eigenvalue weighted by Gasteiger charge is -2.39. The Morgan fingerprint density at radius 1 is 1.29 bits per heavy atom. The topological polar surface area (TPSA) is 12.0 Å². The van der Waals surface area contributed by atoms with Crippen LogP contribution in [-0.4, -0.2) is 11.4 Å². The Morgan fingerprint density at radius 2 is 1.95 bits per heavy atom. The average molecular weight is 320 g/mol. The van der Waals surface area contributed by atoms with Crippen LogP contribution in [0.3, 0.4) is 0 Å². The first-order valence-electron chi connectivity index (χ1n) is 7.32. The Hall–Kier alpha value is -0.740. The first-order chi connectivity index (χ1) is 9.85.